The molecule has 6 heteroatoms. The van der Waals surface area contributed by atoms with Crippen molar-refractivity contribution < 1.29 is 18.3 Å². The fourth-order valence-electron chi connectivity index (χ4n) is 3.67. The second-order valence-electron chi connectivity index (χ2n) is 8.21. The van der Waals surface area contributed by atoms with E-state index >= 15 is 0 Å². The zero-order valence-corrected chi connectivity index (χ0v) is 19.5. The van der Waals surface area contributed by atoms with Crippen LogP contribution < -0.4 is 4.72 Å². The van der Waals surface area contributed by atoms with Gasteiger partial charge in [-0.05, 0) is 31.4 Å². The highest BCUT2D eigenvalue weighted by molar-refractivity contribution is 7.89. The third kappa shape index (κ3) is 12.3. The highest BCUT2D eigenvalue weighted by Gasteiger charge is 2.17. The molecule has 172 valence electrons. The van der Waals surface area contributed by atoms with Gasteiger partial charge in [0.25, 0.3) is 0 Å². The number of benzene rings is 1. The quantitative estimate of drug-likeness (QED) is 0.253. The average Bonchev–Trinajstić information content (AvgIpc) is 2.73. The molecule has 1 aromatic rings. The van der Waals surface area contributed by atoms with Crippen LogP contribution in [0.15, 0.2) is 35.2 Å². The van der Waals surface area contributed by atoms with Crippen molar-refractivity contribution in [3.8, 4) is 0 Å². The first kappa shape index (κ1) is 26.6. The van der Waals surface area contributed by atoms with Gasteiger partial charge in [-0.25, -0.2) is 13.1 Å². The molecule has 0 fully saturated rings. The molecule has 5 nitrogen and oxygen atoms in total. The molecule has 0 aliphatic heterocycles. The molecule has 30 heavy (non-hydrogen) atoms. The number of rotatable bonds is 19. The van der Waals surface area contributed by atoms with E-state index in [1.54, 1.807) is 30.3 Å². The summed E-state index contributed by atoms with van der Waals surface area (Å²) in [4.78, 5) is 11.7. The number of sulfonamides is 1. The smallest absolute Gasteiger partial charge is 0.306 e. The van der Waals surface area contributed by atoms with Crippen LogP contribution in [0.3, 0.4) is 0 Å². The van der Waals surface area contributed by atoms with E-state index in [-0.39, 0.29) is 10.8 Å². The van der Waals surface area contributed by atoms with E-state index in [0.717, 1.165) is 19.3 Å². The number of hydrogen-bond donors (Lipinski definition) is 2. The first-order valence-electron chi connectivity index (χ1n) is 11.7. The molecule has 0 spiro atoms. The van der Waals surface area contributed by atoms with Gasteiger partial charge in [-0.15, -0.1) is 0 Å². The van der Waals surface area contributed by atoms with Crippen molar-refractivity contribution in [3.05, 3.63) is 30.3 Å². The van der Waals surface area contributed by atoms with Crippen molar-refractivity contribution in [2.45, 2.75) is 102 Å². The standard InChI is InChI=1S/C24H41NO4S/c1-2-3-4-5-6-7-8-9-10-12-17-22(24(26)27)18-15-16-21-25-30(28,29)23-19-13-11-14-20-23/h11,13-14,19-20,22,25H,2-10,12,15-18,21H2,1H3,(H,26,27). The molecule has 0 amide bonds. The van der Waals surface area contributed by atoms with Gasteiger partial charge in [-0.2, -0.15) is 0 Å². The van der Waals surface area contributed by atoms with Crippen molar-refractivity contribution in [1.29, 1.82) is 0 Å². The zero-order valence-electron chi connectivity index (χ0n) is 18.7. The predicted octanol–water partition coefficient (Wildman–Crippen LogP) is 6.15. The minimum Gasteiger partial charge on any atom is -0.481 e. The number of hydrogen-bond acceptors (Lipinski definition) is 3. The van der Waals surface area contributed by atoms with Gasteiger partial charge in [-0.3, -0.25) is 4.79 Å². The van der Waals surface area contributed by atoms with Gasteiger partial charge < -0.3 is 5.11 Å². The topological polar surface area (TPSA) is 83.5 Å². The Bertz CT molecular complexity index is 661. The summed E-state index contributed by atoms with van der Waals surface area (Å²) in [5, 5.41) is 9.44. The van der Waals surface area contributed by atoms with Gasteiger partial charge in [0.05, 0.1) is 10.8 Å². The number of carbonyl (C=O) groups is 1. The average molecular weight is 440 g/mol. The molecule has 1 aromatic carbocycles. The van der Waals surface area contributed by atoms with Crippen LogP contribution in [-0.4, -0.2) is 26.0 Å². The molecule has 1 rings (SSSR count). The Morgan fingerprint density at radius 3 is 1.87 bits per heavy atom. The van der Waals surface area contributed by atoms with Gasteiger partial charge in [0.1, 0.15) is 0 Å². The fraction of sp³-hybridized carbons (Fsp3) is 0.708. The molecular weight excluding hydrogens is 398 g/mol. The maximum atomic E-state index is 12.1. The summed E-state index contributed by atoms with van der Waals surface area (Å²) in [5.74, 6) is -1.04. The number of unbranched alkanes of at least 4 members (excludes halogenated alkanes) is 10. The van der Waals surface area contributed by atoms with Gasteiger partial charge in [0.2, 0.25) is 10.0 Å². The molecule has 0 aliphatic carbocycles. The van der Waals surface area contributed by atoms with Crippen molar-refractivity contribution >= 4 is 16.0 Å². The summed E-state index contributed by atoms with van der Waals surface area (Å²) < 4.78 is 26.9. The maximum Gasteiger partial charge on any atom is 0.306 e. The van der Waals surface area contributed by atoms with Crippen molar-refractivity contribution in [1.82, 2.24) is 4.72 Å². The van der Waals surface area contributed by atoms with E-state index in [1.165, 1.54) is 51.4 Å². The molecule has 1 atom stereocenters. The van der Waals surface area contributed by atoms with Crippen molar-refractivity contribution in [2.75, 3.05) is 6.54 Å². The van der Waals surface area contributed by atoms with Crippen LogP contribution in [0.25, 0.3) is 0 Å². The lowest BCUT2D eigenvalue weighted by Crippen LogP contribution is -2.25. The van der Waals surface area contributed by atoms with E-state index in [9.17, 15) is 18.3 Å². The summed E-state index contributed by atoms with van der Waals surface area (Å²) >= 11 is 0. The third-order valence-electron chi connectivity index (χ3n) is 5.58. The van der Waals surface area contributed by atoms with Crippen LogP contribution in [0.2, 0.25) is 0 Å². The minimum absolute atomic E-state index is 0.259. The molecular formula is C24H41NO4S. The Labute approximate surface area is 183 Å². The SMILES string of the molecule is CCCCCCCCCCCCC(CCCCNS(=O)(=O)c1ccccc1)C(=O)O. The first-order chi connectivity index (χ1) is 14.5. The van der Waals surface area contributed by atoms with Crippen LogP contribution in [0, 0.1) is 5.92 Å². The largest absolute Gasteiger partial charge is 0.481 e. The van der Waals surface area contributed by atoms with Crippen LogP contribution in [0.1, 0.15) is 96.8 Å². The molecule has 0 saturated heterocycles. The first-order valence-corrected chi connectivity index (χ1v) is 13.2. The van der Waals surface area contributed by atoms with Crippen LogP contribution >= 0.6 is 0 Å². The number of nitrogens with one attached hydrogen (secondary N) is 1. The highest BCUT2D eigenvalue weighted by Crippen LogP contribution is 2.19. The Morgan fingerprint density at radius 2 is 1.33 bits per heavy atom. The summed E-state index contributed by atoms with van der Waals surface area (Å²) in [7, 11) is -3.48. The zero-order chi connectivity index (χ0) is 22.1. The van der Waals surface area contributed by atoms with E-state index in [0.29, 0.717) is 25.8 Å². The lowest BCUT2D eigenvalue weighted by molar-refractivity contribution is -0.142. The Balaban J connectivity index is 2.10. The van der Waals surface area contributed by atoms with Crippen LogP contribution in [-0.2, 0) is 14.8 Å². The van der Waals surface area contributed by atoms with E-state index in [4.69, 9.17) is 0 Å². The van der Waals surface area contributed by atoms with Crippen molar-refractivity contribution in [3.63, 3.8) is 0 Å². The normalized spacial score (nSPS) is 12.7. The molecule has 0 heterocycles. The summed E-state index contributed by atoms with van der Waals surface area (Å²) in [6.07, 6.45) is 15.2. The number of carboxylic acid groups (broad SMARTS) is 1. The lowest BCUT2D eigenvalue weighted by Gasteiger charge is -2.12. The second kappa shape index (κ2) is 16.3. The monoisotopic (exact) mass is 439 g/mol. The lowest BCUT2D eigenvalue weighted by atomic mass is 9.95. The summed E-state index contributed by atoms with van der Waals surface area (Å²) in [6.45, 7) is 2.57. The molecule has 0 bridgehead atoms. The van der Waals surface area contributed by atoms with Gasteiger partial charge in [0.15, 0.2) is 0 Å². The Hall–Kier alpha value is -1.40. The summed E-state index contributed by atoms with van der Waals surface area (Å²) in [6, 6.07) is 8.30. The van der Waals surface area contributed by atoms with E-state index in [1.807, 2.05) is 0 Å². The molecule has 0 aliphatic rings. The van der Waals surface area contributed by atoms with E-state index < -0.39 is 16.0 Å². The molecule has 0 aromatic heterocycles. The maximum absolute atomic E-state index is 12.1. The van der Waals surface area contributed by atoms with Gasteiger partial charge in [0, 0.05) is 6.54 Å². The third-order valence-corrected chi connectivity index (χ3v) is 7.06. The summed E-state index contributed by atoms with van der Waals surface area (Å²) in [5.41, 5.74) is 0. The van der Waals surface area contributed by atoms with Crippen LogP contribution in [0.4, 0.5) is 0 Å². The number of carboxylic acids is 1. The van der Waals surface area contributed by atoms with E-state index in [2.05, 4.69) is 11.6 Å². The van der Waals surface area contributed by atoms with Gasteiger partial charge >= 0.3 is 5.97 Å². The molecule has 1 unspecified atom stereocenters. The molecule has 0 radical (unpaired) electrons. The minimum atomic E-state index is -3.48. The van der Waals surface area contributed by atoms with Gasteiger partial charge in [-0.1, -0.05) is 95.8 Å². The Morgan fingerprint density at radius 1 is 0.833 bits per heavy atom. The fourth-order valence-corrected chi connectivity index (χ4v) is 4.77. The number of aliphatic carboxylic acids is 1. The Kier molecular flexibility index (Phi) is 14.5. The van der Waals surface area contributed by atoms with Crippen molar-refractivity contribution in [2.24, 2.45) is 5.92 Å². The predicted molar refractivity (Wildman–Crippen MR) is 123 cm³/mol. The van der Waals surface area contributed by atoms with Crippen LogP contribution in [0.5, 0.6) is 0 Å². The molecule has 0 saturated carbocycles. The highest BCUT2D eigenvalue weighted by atomic mass is 32.2. The second-order valence-corrected chi connectivity index (χ2v) is 9.98. The molecule has 2 N–H and O–H groups in total.